The van der Waals surface area contributed by atoms with Crippen molar-refractivity contribution >= 4 is 0 Å². The van der Waals surface area contributed by atoms with Gasteiger partial charge in [-0.2, -0.15) is 0 Å². The number of rotatable bonds is 4. The normalized spacial score (nSPS) is 12.4. The van der Waals surface area contributed by atoms with Crippen molar-refractivity contribution in [2.75, 3.05) is 0 Å². The van der Waals surface area contributed by atoms with Gasteiger partial charge in [0.1, 0.15) is 5.82 Å². The predicted octanol–water partition coefficient (Wildman–Crippen LogP) is 3.98. The third-order valence-electron chi connectivity index (χ3n) is 3.08. The van der Waals surface area contributed by atoms with Crippen LogP contribution in [0.4, 0.5) is 4.39 Å². The molecule has 0 aromatic heterocycles. The first-order valence-corrected chi connectivity index (χ1v) is 6.19. The topological polar surface area (TPSA) is 12.0 Å². The van der Waals surface area contributed by atoms with Gasteiger partial charge in [0, 0.05) is 12.6 Å². The van der Waals surface area contributed by atoms with E-state index in [1.807, 2.05) is 6.07 Å². The third-order valence-corrected chi connectivity index (χ3v) is 3.08. The summed E-state index contributed by atoms with van der Waals surface area (Å²) in [7, 11) is 0. The van der Waals surface area contributed by atoms with Crippen molar-refractivity contribution in [2.24, 2.45) is 0 Å². The molecule has 0 unspecified atom stereocenters. The van der Waals surface area contributed by atoms with Crippen molar-refractivity contribution in [1.82, 2.24) is 5.32 Å². The SMILES string of the molecule is Cc1ccc([C@H](C)NCc2cccc(F)c2)cc1. The Hall–Kier alpha value is -1.67. The Morgan fingerprint density at radius 3 is 2.50 bits per heavy atom. The highest BCUT2D eigenvalue weighted by Gasteiger charge is 2.04. The Labute approximate surface area is 108 Å². The molecule has 0 amide bonds. The molecule has 2 heteroatoms. The van der Waals surface area contributed by atoms with Gasteiger partial charge in [0.05, 0.1) is 0 Å². The fourth-order valence-electron chi connectivity index (χ4n) is 1.89. The summed E-state index contributed by atoms with van der Waals surface area (Å²) < 4.78 is 13.0. The van der Waals surface area contributed by atoms with Gasteiger partial charge in [-0.25, -0.2) is 4.39 Å². The molecule has 0 heterocycles. The summed E-state index contributed by atoms with van der Waals surface area (Å²) in [5.41, 5.74) is 3.47. The summed E-state index contributed by atoms with van der Waals surface area (Å²) in [6.45, 7) is 4.87. The van der Waals surface area contributed by atoms with Crippen molar-refractivity contribution in [3.8, 4) is 0 Å². The van der Waals surface area contributed by atoms with Gasteiger partial charge in [0.25, 0.3) is 0 Å². The van der Waals surface area contributed by atoms with Crippen LogP contribution in [0.15, 0.2) is 48.5 Å². The maximum Gasteiger partial charge on any atom is 0.123 e. The second kappa shape index (κ2) is 5.78. The largest absolute Gasteiger partial charge is 0.306 e. The molecule has 0 spiro atoms. The van der Waals surface area contributed by atoms with Gasteiger partial charge in [0.2, 0.25) is 0 Å². The summed E-state index contributed by atoms with van der Waals surface area (Å²) in [5, 5.41) is 3.40. The summed E-state index contributed by atoms with van der Waals surface area (Å²) in [6, 6.07) is 15.4. The number of nitrogens with one attached hydrogen (secondary N) is 1. The third kappa shape index (κ3) is 3.41. The number of aryl methyl sites for hydroxylation is 1. The van der Waals surface area contributed by atoms with Crippen LogP contribution in [-0.2, 0) is 6.54 Å². The number of benzene rings is 2. The molecule has 0 saturated heterocycles. The highest BCUT2D eigenvalue weighted by Crippen LogP contribution is 2.14. The maximum absolute atomic E-state index is 13.0. The Balaban J connectivity index is 1.96. The van der Waals surface area contributed by atoms with E-state index in [9.17, 15) is 4.39 Å². The van der Waals surface area contributed by atoms with Crippen LogP contribution < -0.4 is 5.32 Å². The highest BCUT2D eigenvalue weighted by molar-refractivity contribution is 5.24. The van der Waals surface area contributed by atoms with Gasteiger partial charge in [0.15, 0.2) is 0 Å². The van der Waals surface area contributed by atoms with E-state index in [1.165, 1.54) is 17.2 Å². The van der Waals surface area contributed by atoms with E-state index in [0.29, 0.717) is 6.54 Å². The first-order chi connectivity index (χ1) is 8.65. The zero-order chi connectivity index (χ0) is 13.0. The minimum Gasteiger partial charge on any atom is -0.306 e. The number of hydrogen-bond donors (Lipinski definition) is 1. The molecule has 1 N–H and O–H groups in total. The molecule has 2 aromatic carbocycles. The lowest BCUT2D eigenvalue weighted by Gasteiger charge is -2.14. The fourth-order valence-corrected chi connectivity index (χ4v) is 1.89. The Morgan fingerprint density at radius 1 is 1.11 bits per heavy atom. The van der Waals surface area contributed by atoms with E-state index in [-0.39, 0.29) is 11.9 Å². The lowest BCUT2D eigenvalue weighted by Crippen LogP contribution is -2.18. The van der Waals surface area contributed by atoms with E-state index in [2.05, 4.69) is 43.4 Å². The molecule has 0 aliphatic heterocycles. The first kappa shape index (κ1) is 12.8. The molecule has 0 bridgehead atoms. The summed E-state index contributed by atoms with van der Waals surface area (Å²) >= 11 is 0. The zero-order valence-electron chi connectivity index (χ0n) is 10.8. The second-order valence-corrected chi connectivity index (χ2v) is 4.64. The van der Waals surface area contributed by atoms with E-state index in [4.69, 9.17) is 0 Å². The summed E-state index contributed by atoms with van der Waals surface area (Å²) in [5.74, 6) is -0.183. The van der Waals surface area contributed by atoms with Crippen LogP contribution in [0, 0.1) is 12.7 Å². The molecule has 0 aliphatic rings. The molecular formula is C16H18FN. The van der Waals surface area contributed by atoms with Crippen molar-refractivity contribution in [3.05, 3.63) is 71.0 Å². The number of halogens is 1. The van der Waals surface area contributed by atoms with E-state index in [1.54, 1.807) is 12.1 Å². The molecule has 1 nitrogen and oxygen atoms in total. The Kier molecular flexibility index (Phi) is 4.11. The lowest BCUT2D eigenvalue weighted by atomic mass is 10.1. The smallest absolute Gasteiger partial charge is 0.123 e. The minimum atomic E-state index is -0.183. The van der Waals surface area contributed by atoms with Gasteiger partial charge < -0.3 is 5.32 Å². The van der Waals surface area contributed by atoms with Gasteiger partial charge >= 0.3 is 0 Å². The Morgan fingerprint density at radius 2 is 1.83 bits per heavy atom. The Bertz CT molecular complexity index is 505. The van der Waals surface area contributed by atoms with Crippen molar-refractivity contribution in [2.45, 2.75) is 26.4 Å². The lowest BCUT2D eigenvalue weighted by molar-refractivity contribution is 0.569. The average molecular weight is 243 g/mol. The molecule has 0 saturated carbocycles. The van der Waals surface area contributed by atoms with Crippen LogP contribution in [0.1, 0.15) is 29.7 Å². The van der Waals surface area contributed by atoms with E-state index >= 15 is 0 Å². The maximum atomic E-state index is 13.0. The quantitative estimate of drug-likeness (QED) is 0.856. The molecule has 2 aromatic rings. The highest BCUT2D eigenvalue weighted by atomic mass is 19.1. The van der Waals surface area contributed by atoms with Gasteiger partial charge in [-0.1, -0.05) is 42.0 Å². The van der Waals surface area contributed by atoms with Crippen molar-refractivity contribution in [3.63, 3.8) is 0 Å². The van der Waals surface area contributed by atoms with Crippen LogP contribution in [0.5, 0.6) is 0 Å². The van der Waals surface area contributed by atoms with Crippen LogP contribution in [-0.4, -0.2) is 0 Å². The van der Waals surface area contributed by atoms with Crippen LogP contribution in [0.3, 0.4) is 0 Å². The van der Waals surface area contributed by atoms with Gasteiger partial charge in [-0.3, -0.25) is 0 Å². The van der Waals surface area contributed by atoms with Gasteiger partial charge in [-0.05, 0) is 37.1 Å². The summed E-state index contributed by atoms with van der Waals surface area (Å²) in [4.78, 5) is 0. The first-order valence-electron chi connectivity index (χ1n) is 6.19. The standard InChI is InChI=1S/C16H18FN/c1-12-6-8-15(9-7-12)13(2)18-11-14-4-3-5-16(17)10-14/h3-10,13,18H,11H2,1-2H3/t13-/m0/s1. The average Bonchev–Trinajstić information content (AvgIpc) is 2.37. The number of hydrogen-bond acceptors (Lipinski definition) is 1. The van der Waals surface area contributed by atoms with Crippen molar-refractivity contribution < 1.29 is 4.39 Å². The predicted molar refractivity (Wildman–Crippen MR) is 72.8 cm³/mol. The zero-order valence-corrected chi connectivity index (χ0v) is 10.8. The molecule has 0 fully saturated rings. The molecule has 18 heavy (non-hydrogen) atoms. The molecule has 1 atom stereocenters. The molecule has 94 valence electrons. The summed E-state index contributed by atoms with van der Waals surface area (Å²) in [6.07, 6.45) is 0. The molecule has 0 aliphatic carbocycles. The van der Waals surface area contributed by atoms with Crippen molar-refractivity contribution in [1.29, 1.82) is 0 Å². The van der Waals surface area contributed by atoms with Crippen LogP contribution in [0.25, 0.3) is 0 Å². The van der Waals surface area contributed by atoms with Crippen LogP contribution >= 0.6 is 0 Å². The minimum absolute atomic E-state index is 0.183. The molecule has 2 rings (SSSR count). The molecule has 0 radical (unpaired) electrons. The monoisotopic (exact) mass is 243 g/mol. The fraction of sp³-hybridized carbons (Fsp3) is 0.250. The molecular weight excluding hydrogens is 225 g/mol. The van der Waals surface area contributed by atoms with E-state index in [0.717, 1.165) is 5.56 Å². The van der Waals surface area contributed by atoms with Gasteiger partial charge in [-0.15, -0.1) is 0 Å². The second-order valence-electron chi connectivity index (χ2n) is 4.64. The van der Waals surface area contributed by atoms with E-state index < -0.39 is 0 Å². The van der Waals surface area contributed by atoms with Crippen LogP contribution in [0.2, 0.25) is 0 Å².